The Balaban J connectivity index is 1.82. The zero-order valence-corrected chi connectivity index (χ0v) is 11.4. The zero-order valence-electron chi connectivity index (χ0n) is 10.6. The molecule has 20 heavy (non-hydrogen) atoms. The number of amides is 1. The van der Waals surface area contributed by atoms with E-state index in [1.807, 2.05) is 30.3 Å². The second kappa shape index (κ2) is 7.05. The van der Waals surface area contributed by atoms with E-state index in [0.29, 0.717) is 12.3 Å². The smallest absolute Gasteiger partial charge is 0.254 e. The van der Waals surface area contributed by atoms with Crippen LogP contribution < -0.4 is 5.32 Å². The van der Waals surface area contributed by atoms with Gasteiger partial charge in [-0.25, -0.2) is 8.78 Å². The van der Waals surface area contributed by atoms with Gasteiger partial charge in [0, 0.05) is 17.2 Å². The number of rotatable bonds is 5. The minimum atomic E-state index is -0.723. The fourth-order valence-electron chi connectivity index (χ4n) is 1.62. The second-order valence-electron chi connectivity index (χ2n) is 4.04. The maximum absolute atomic E-state index is 13.4. The van der Waals surface area contributed by atoms with Gasteiger partial charge in [-0.15, -0.1) is 11.8 Å². The van der Waals surface area contributed by atoms with Crippen LogP contribution in [0.15, 0.2) is 53.4 Å². The standard InChI is InChI=1S/C15H13F2NOS/c16-11-6-7-14(17)13(10-11)15(19)18-8-9-20-12-4-2-1-3-5-12/h1-7,10H,8-9H2,(H,18,19). The van der Waals surface area contributed by atoms with Crippen LogP contribution in [0.2, 0.25) is 0 Å². The van der Waals surface area contributed by atoms with Crippen LogP contribution in [0.4, 0.5) is 8.78 Å². The molecule has 0 saturated heterocycles. The van der Waals surface area contributed by atoms with Crippen LogP contribution in [-0.4, -0.2) is 18.2 Å². The van der Waals surface area contributed by atoms with Crippen molar-refractivity contribution >= 4 is 17.7 Å². The molecule has 5 heteroatoms. The van der Waals surface area contributed by atoms with Gasteiger partial charge in [0.1, 0.15) is 11.6 Å². The SMILES string of the molecule is O=C(NCCSc1ccccc1)c1cc(F)ccc1F. The summed E-state index contributed by atoms with van der Waals surface area (Å²) in [5.41, 5.74) is -0.269. The van der Waals surface area contributed by atoms with E-state index < -0.39 is 17.5 Å². The summed E-state index contributed by atoms with van der Waals surface area (Å²) in [6, 6.07) is 12.6. The van der Waals surface area contributed by atoms with Crippen molar-refractivity contribution in [1.82, 2.24) is 5.32 Å². The Hall–Kier alpha value is -1.88. The maximum atomic E-state index is 13.4. The Kier molecular flexibility index (Phi) is 5.12. The first-order valence-corrected chi connectivity index (χ1v) is 7.06. The Labute approximate surface area is 120 Å². The number of thioether (sulfide) groups is 1. The van der Waals surface area contributed by atoms with Crippen LogP contribution in [0.1, 0.15) is 10.4 Å². The van der Waals surface area contributed by atoms with Gasteiger partial charge in [-0.2, -0.15) is 0 Å². The first-order chi connectivity index (χ1) is 9.66. The highest BCUT2D eigenvalue weighted by molar-refractivity contribution is 7.99. The summed E-state index contributed by atoms with van der Waals surface area (Å²) >= 11 is 1.58. The molecule has 0 atom stereocenters. The predicted molar refractivity (Wildman–Crippen MR) is 75.9 cm³/mol. The van der Waals surface area contributed by atoms with Gasteiger partial charge in [-0.3, -0.25) is 4.79 Å². The van der Waals surface area contributed by atoms with Crippen LogP contribution in [-0.2, 0) is 0 Å². The normalized spacial score (nSPS) is 10.3. The summed E-state index contributed by atoms with van der Waals surface area (Å²) in [7, 11) is 0. The molecule has 0 radical (unpaired) electrons. The first-order valence-electron chi connectivity index (χ1n) is 6.08. The average molecular weight is 293 g/mol. The number of nitrogens with one attached hydrogen (secondary N) is 1. The number of carbonyl (C=O) groups is 1. The topological polar surface area (TPSA) is 29.1 Å². The number of halogens is 2. The van der Waals surface area contributed by atoms with Crippen LogP contribution in [0.25, 0.3) is 0 Å². The molecule has 0 saturated carbocycles. The van der Waals surface area contributed by atoms with Crippen molar-refractivity contribution in [3.8, 4) is 0 Å². The van der Waals surface area contributed by atoms with Crippen molar-refractivity contribution < 1.29 is 13.6 Å². The molecule has 2 rings (SSSR count). The van der Waals surface area contributed by atoms with E-state index in [9.17, 15) is 13.6 Å². The molecular weight excluding hydrogens is 280 g/mol. The zero-order chi connectivity index (χ0) is 14.4. The lowest BCUT2D eigenvalue weighted by atomic mass is 10.2. The van der Waals surface area contributed by atoms with Gasteiger partial charge in [-0.1, -0.05) is 18.2 Å². The number of hydrogen-bond donors (Lipinski definition) is 1. The number of benzene rings is 2. The monoisotopic (exact) mass is 293 g/mol. The lowest BCUT2D eigenvalue weighted by molar-refractivity contribution is 0.0951. The third-order valence-corrected chi connectivity index (χ3v) is 3.59. The van der Waals surface area contributed by atoms with Crippen molar-refractivity contribution in [3.05, 3.63) is 65.7 Å². The molecule has 0 aliphatic heterocycles. The van der Waals surface area contributed by atoms with E-state index in [1.54, 1.807) is 11.8 Å². The third kappa shape index (κ3) is 4.06. The summed E-state index contributed by atoms with van der Waals surface area (Å²) in [5, 5.41) is 2.57. The summed E-state index contributed by atoms with van der Waals surface area (Å²) in [6.07, 6.45) is 0. The lowest BCUT2D eigenvalue weighted by Crippen LogP contribution is -2.26. The Morgan fingerprint density at radius 2 is 1.85 bits per heavy atom. The average Bonchev–Trinajstić information content (AvgIpc) is 2.47. The quantitative estimate of drug-likeness (QED) is 0.675. The fourth-order valence-corrected chi connectivity index (χ4v) is 2.41. The van der Waals surface area contributed by atoms with E-state index in [-0.39, 0.29) is 5.56 Å². The molecule has 1 N–H and O–H groups in total. The largest absolute Gasteiger partial charge is 0.351 e. The molecule has 0 heterocycles. The van der Waals surface area contributed by atoms with E-state index in [0.717, 1.165) is 23.1 Å². The van der Waals surface area contributed by atoms with Crippen molar-refractivity contribution in [2.45, 2.75) is 4.90 Å². The summed E-state index contributed by atoms with van der Waals surface area (Å²) in [4.78, 5) is 12.8. The molecule has 2 aromatic rings. The van der Waals surface area contributed by atoms with Crippen molar-refractivity contribution in [3.63, 3.8) is 0 Å². The van der Waals surface area contributed by atoms with Crippen LogP contribution in [0.3, 0.4) is 0 Å². The van der Waals surface area contributed by atoms with Crippen LogP contribution in [0, 0.1) is 11.6 Å². The molecule has 0 aliphatic carbocycles. The van der Waals surface area contributed by atoms with Crippen molar-refractivity contribution in [2.75, 3.05) is 12.3 Å². The highest BCUT2D eigenvalue weighted by atomic mass is 32.2. The fraction of sp³-hybridized carbons (Fsp3) is 0.133. The number of hydrogen-bond acceptors (Lipinski definition) is 2. The highest BCUT2D eigenvalue weighted by Crippen LogP contribution is 2.16. The molecule has 0 fully saturated rings. The molecule has 104 valence electrons. The van der Waals surface area contributed by atoms with Gasteiger partial charge < -0.3 is 5.32 Å². The van der Waals surface area contributed by atoms with Crippen molar-refractivity contribution in [1.29, 1.82) is 0 Å². The maximum Gasteiger partial charge on any atom is 0.254 e. The summed E-state index contributed by atoms with van der Waals surface area (Å²) < 4.78 is 26.3. The molecular formula is C15H13F2NOS. The van der Waals surface area contributed by atoms with E-state index in [2.05, 4.69) is 5.32 Å². The molecule has 2 aromatic carbocycles. The minimum absolute atomic E-state index is 0.269. The van der Waals surface area contributed by atoms with Crippen LogP contribution >= 0.6 is 11.8 Å². The third-order valence-electron chi connectivity index (χ3n) is 2.57. The first kappa shape index (κ1) is 14.5. The molecule has 0 spiro atoms. The van der Waals surface area contributed by atoms with Gasteiger partial charge in [0.15, 0.2) is 0 Å². The Morgan fingerprint density at radius 1 is 1.10 bits per heavy atom. The Bertz CT molecular complexity index is 590. The van der Waals surface area contributed by atoms with Gasteiger partial charge in [0.05, 0.1) is 5.56 Å². The van der Waals surface area contributed by atoms with E-state index in [1.165, 1.54) is 0 Å². The summed E-state index contributed by atoms with van der Waals surface area (Å²) in [6.45, 7) is 0.383. The predicted octanol–water partition coefficient (Wildman–Crippen LogP) is 3.49. The van der Waals surface area contributed by atoms with Crippen LogP contribution in [0.5, 0.6) is 0 Å². The lowest BCUT2D eigenvalue weighted by Gasteiger charge is -2.06. The molecule has 2 nitrogen and oxygen atoms in total. The molecule has 0 aliphatic rings. The Morgan fingerprint density at radius 3 is 2.60 bits per heavy atom. The molecule has 0 aromatic heterocycles. The van der Waals surface area contributed by atoms with Gasteiger partial charge >= 0.3 is 0 Å². The van der Waals surface area contributed by atoms with E-state index >= 15 is 0 Å². The van der Waals surface area contributed by atoms with Gasteiger partial charge in [-0.05, 0) is 30.3 Å². The van der Waals surface area contributed by atoms with E-state index in [4.69, 9.17) is 0 Å². The number of carbonyl (C=O) groups excluding carboxylic acids is 1. The molecule has 1 amide bonds. The highest BCUT2D eigenvalue weighted by Gasteiger charge is 2.11. The van der Waals surface area contributed by atoms with Crippen molar-refractivity contribution in [2.24, 2.45) is 0 Å². The minimum Gasteiger partial charge on any atom is -0.351 e. The van der Waals surface area contributed by atoms with Gasteiger partial charge in [0.25, 0.3) is 5.91 Å². The molecule has 0 bridgehead atoms. The second-order valence-corrected chi connectivity index (χ2v) is 5.21. The molecule has 0 unspecified atom stereocenters. The van der Waals surface area contributed by atoms with Gasteiger partial charge in [0.2, 0.25) is 0 Å². The summed E-state index contributed by atoms with van der Waals surface area (Å²) in [5.74, 6) is -1.29.